The van der Waals surface area contributed by atoms with E-state index in [-0.39, 0.29) is 56.5 Å². The molecule has 1 saturated heterocycles. The molecule has 0 aromatic heterocycles. The van der Waals surface area contributed by atoms with Crippen LogP contribution in [0.4, 0.5) is 5.69 Å². The molecule has 0 unspecified atom stereocenters. The summed E-state index contributed by atoms with van der Waals surface area (Å²) in [6.07, 6.45) is 0.464. The number of anilines is 1. The minimum Gasteiger partial charge on any atom is -0.390 e. The summed E-state index contributed by atoms with van der Waals surface area (Å²) in [7, 11) is 0. The summed E-state index contributed by atoms with van der Waals surface area (Å²) >= 11 is 6.10. The number of likely N-dealkylation sites (tertiary alicyclic amines) is 1. The van der Waals surface area contributed by atoms with Crippen LogP contribution in [-0.2, 0) is 32.1 Å². The van der Waals surface area contributed by atoms with E-state index in [1.165, 1.54) is 4.90 Å². The van der Waals surface area contributed by atoms with Crippen molar-refractivity contribution in [2.75, 3.05) is 25.0 Å². The number of hydrogen-bond donors (Lipinski definition) is 4. The molecule has 226 valence electrons. The zero-order chi connectivity index (χ0) is 30.6. The molecule has 2 atom stereocenters. The van der Waals surface area contributed by atoms with Gasteiger partial charge in [-0.05, 0) is 68.6 Å². The van der Waals surface area contributed by atoms with Gasteiger partial charge in [0.1, 0.15) is 12.1 Å². The van der Waals surface area contributed by atoms with Crippen molar-refractivity contribution in [1.82, 2.24) is 15.1 Å². The van der Waals surface area contributed by atoms with Gasteiger partial charge in [0.2, 0.25) is 23.6 Å². The van der Waals surface area contributed by atoms with E-state index in [1.54, 1.807) is 36.9 Å². The number of hydrogen-bond acceptors (Lipinski definition) is 6. The third-order valence-electron chi connectivity index (χ3n) is 8.17. The molecular weight excluding hydrogens is 558 g/mol. The number of benzene rings is 2. The van der Waals surface area contributed by atoms with Crippen molar-refractivity contribution in [1.29, 1.82) is 0 Å². The predicted octanol–water partition coefficient (Wildman–Crippen LogP) is 2.38. The first-order valence-corrected chi connectivity index (χ1v) is 14.7. The Labute approximate surface area is 251 Å². The van der Waals surface area contributed by atoms with Gasteiger partial charge in [-0.25, -0.2) is 0 Å². The van der Waals surface area contributed by atoms with Crippen LogP contribution in [0.2, 0.25) is 5.02 Å². The SMILES string of the molecule is Cc1cc(NC(=O)[C@H](CCN)NC(=O)[C@@H]2Cc3ccccc3CN2C(=O)CCC(=O)N2CC(C(C)(C)O)C2)ccc1Cl. The van der Waals surface area contributed by atoms with Gasteiger partial charge in [0.25, 0.3) is 0 Å². The number of halogens is 1. The quantitative estimate of drug-likeness (QED) is 0.331. The average Bonchev–Trinajstić information content (AvgIpc) is 2.91. The molecule has 10 nitrogen and oxygen atoms in total. The number of aliphatic hydroxyl groups is 1. The van der Waals surface area contributed by atoms with Gasteiger partial charge in [0.05, 0.1) is 5.60 Å². The van der Waals surface area contributed by atoms with E-state index in [4.69, 9.17) is 17.3 Å². The molecule has 0 saturated carbocycles. The third kappa shape index (κ3) is 7.48. The fraction of sp³-hybridized carbons (Fsp3) is 0.484. The first-order valence-electron chi connectivity index (χ1n) is 14.3. The van der Waals surface area contributed by atoms with E-state index in [0.29, 0.717) is 23.8 Å². The fourth-order valence-electron chi connectivity index (χ4n) is 5.32. The topological polar surface area (TPSA) is 145 Å². The zero-order valence-corrected chi connectivity index (χ0v) is 25.1. The number of carbonyl (C=O) groups excluding carboxylic acids is 4. The van der Waals surface area contributed by atoms with Crippen LogP contribution in [0, 0.1) is 12.8 Å². The molecule has 4 amide bonds. The van der Waals surface area contributed by atoms with Crippen molar-refractivity contribution in [2.24, 2.45) is 11.7 Å². The van der Waals surface area contributed by atoms with Crippen LogP contribution < -0.4 is 16.4 Å². The Bertz CT molecular complexity index is 1340. The van der Waals surface area contributed by atoms with Crippen LogP contribution in [-0.4, -0.2) is 75.9 Å². The van der Waals surface area contributed by atoms with Gasteiger partial charge in [-0.1, -0.05) is 35.9 Å². The van der Waals surface area contributed by atoms with Crippen molar-refractivity contribution in [3.63, 3.8) is 0 Å². The van der Waals surface area contributed by atoms with Crippen LogP contribution in [0.15, 0.2) is 42.5 Å². The Balaban J connectivity index is 1.43. The highest BCUT2D eigenvalue weighted by Gasteiger charge is 2.40. The lowest BCUT2D eigenvalue weighted by Gasteiger charge is -2.45. The van der Waals surface area contributed by atoms with Gasteiger partial charge in [-0.15, -0.1) is 0 Å². The number of nitrogens with two attached hydrogens (primary N) is 1. The van der Waals surface area contributed by atoms with E-state index in [9.17, 15) is 24.3 Å². The molecule has 2 heterocycles. The molecular formula is C31H40ClN5O5. The molecule has 0 aliphatic carbocycles. The lowest BCUT2D eigenvalue weighted by Crippen LogP contribution is -2.58. The average molecular weight is 598 g/mol. The maximum atomic E-state index is 13.7. The van der Waals surface area contributed by atoms with Gasteiger partial charge in [-0.3, -0.25) is 19.2 Å². The highest BCUT2D eigenvalue weighted by Crippen LogP contribution is 2.28. The lowest BCUT2D eigenvalue weighted by molar-refractivity contribution is -0.148. The molecule has 0 spiro atoms. The van der Waals surface area contributed by atoms with E-state index < -0.39 is 29.5 Å². The van der Waals surface area contributed by atoms with Crippen molar-refractivity contribution in [3.8, 4) is 0 Å². The van der Waals surface area contributed by atoms with Crippen molar-refractivity contribution in [2.45, 2.75) is 70.7 Å². The monoisotopic (exact) mass is 597 g/mol. The summed E-state index contributed by atoms with van der Waals surface area (Å²) < 4.78 is 0. The molecule has 5 N–H and O–H groups in total. The fourth-order valence-corrected chi connectivity index (χ4v) is 5.44. The predicted molar refractivity (Wildman–Crippen MR) is 161 cm³/mol. The summed E-state index contributed by atoms with van der Waals surface area (Å²) in [5, 5.41) is 16.3. The largest absolute Gasteiger partial charge is 0.390 e. The van der Waals surface area contributed by atoms with Crippen LogP contribution in [0.5, 0.6) is 0 Å². The summed E-state index contributed by atoms with van der Waals surface area (Å²) in [6, 6.07) is 11.0. The highest BCUT2D eigenvalue weighted by atomic mass is 35.5. The number of fused-ring (bicyclic) bond motifs is 1. The van der Waals surface area contributed by atoms with Crippen molar-refractivity contribution < 1.29 is 24.3 Å². The van der Waals surface area contributed by atoms with Crippen LogP contribution in [0.3, 0.4) is 0 Å². The van der Waals surface area contributed by atoms with Gasteiger partial charge in [-0.2, -0.15) is 0 Å². The van der Waals surface area contributed by atoms with Gasteiger partial charge in [0.15, 0.2) is 0 Å². The Morgan fingerprint density at radius 1 is 1.07 bits per heavy atom. The number of aryl methyl sites for hydroxylation is 1. The van der Waals surface area contributed by atoms with E-state index in [2.05, 4.69) is 10.6 Å². The van der Waals surface area contributed by atoms with Gasteiger partial charge < -0.3 is 31.3 Å². The highest BCUT2D eigenvalue weighted by molar-refractivity contribution is 6.31. The normalized spacial score (nSPS) is 17.6. The van der Waals surface area contributed by atoms with Crippen LogP contribution >= 0.6 is 11.6 Å². The molecule has 0 radical (unpaired) electrons. The lowest BCUT2D eigenvalue weighted by atomic mass is 9.84. The van der Waals surface area contributed by atoms with E-state index in [0.717, 1.165) is 16.7 Å². The Morgan fingerprint density at radius 3 is 2.38 bits per heavy atom. The Morgan fingerprint density at radius 2 is 1.74 bits per heavy atom. The Kier molecular flexibility index (Phi) is 9.91. The molecule has 0 bridgehead atoms. The maximum Gasteiger partial charge on any atom is 0.246 e. The second-order valence-corrected chi connectivity index (χ2v) is 12.2. The standard InChI is InChI=1S/C31H40ClN5O5/c1-19-14-23(8-9-24(19)32)34-29(40)25(12-13-33)35-30(41)26-15-20-6-4-5-7-21(20)16-37(26)28(39)11-10-27(38)36-17-22(18-36)31(2,3)42/h4-9,14,22,25-26,42H,10-13,15-18,33H2,1-3H3,(H,34,40)(H,35,41)/t25-,26-/m0/s1. The van der Waals surface area contributed by atoms with Gasteiger partial charge in [0, 0.05) is 55.5 Å². The van der Waals surface area contributed by atoms with Crippen LogP contribution in [0.25, 0.3) is 0 Å². The number of nitrogens with zero attached hydrogens (tertiary/aromatic N) is 2. The molecule has 2 aromatic rings. The van der Waals surface area contributed by atoms with Crippen molar-refractivity contribution in [3.05, 3.63) is 64.2 Å². The Hall–Kier alpha value is -3.47. The molecule has 4 rings (SSSR count). The molecule has 1 fully saturated rings. The zero-order valence-electron chi connectivity index (χ0n) is 24.4. The minimum atomic E-state index is -0.913. The molecule has 2 aromatic carbocycles. The van der Waals surface area contributed by atoms with Crippen molar-refractivity contribution >= 4 is 40.9 Å². The number of nitrogens with one attached hydrogen (secondary N) is 2. The van der Waals surface area contributed by atoms with Gasteiger partial charge >= 0.3 is 0 Å². The molecule has 42 heavy (non-hydrogen) atoms. The first-order chi connectivity index (χ1) is 19.9. The third-order valence-corrected chi connectivity index (χ3v) is 8.60. The summed E-state index contributed by atoms with van der Waals surface area (Å²) in [4.78, 5) is 56.1. The van der Waals surface area contributed by atoms with E-state index >= 15 is 0 Å². The van der Waals surface area contributed by atoms with Crippen LogP contribution in [0.1, 0.15) is 49.8 Å². The summed E-state index contributed by atoms with van der Waals surface area (Å²) in [5.74, 6) is -1.34. The number of carbonyl (C=O) groups is 4. The second-order valence-electron chi connectivity index (χ2n) is 11.8. The molecule has 2 aliphatic heterocycles. The minimum absolute atomic E-state index is 0.00575. The summed E-state index contributed by atoms with van der Waals surface area (Å²) in [5.41, 5.74) is 8.15. The molecule has 2 aliphatic rings. The maximum absolute atomic E-state index is 13.7. The second kappa shape index (κ2) is 13.2. The smallest absolute Gasteiger partial charge is 0.246 e. The first kappa shape index (κ1) is 31.5. The number of rotatable bonds is 10. The van der Waals surface area contributed by atoms with E-state index in [1.807, 2.05) is 31.2 Å². The molecule has 11 heteroatoms. The number of amides is 4. The summed E-state index contributed by atoms with van der Waals surface area (Å²) in [6.45, 7) is 6.58.